The monoisotopic (exact) mass is 221 g/mol. The fourth-order valence-electron chi connectivity index (χ4n) is 3.03. The van der Waals surface area contributed by atoms with E-state index < -0.39 is 0 Å². The Hall–Kier alpha value is -0.870. The average Bonchev–Trinajstić information content (AvgIpc) is 2.88. The second kappa shape index (κ2) is 3.86. The van der Waals surface area contributed by atoms with E-state index in [0.717, 1.165) is 29.8 Å². The Balaban J connectivity index is 1.68. The van der Waals surface area contributed by atoms with E-state index in [1.54, 1.807) is 0 Å². The minimum atomic E-state index is 0.862. The number of aryl methyl sites for hydroxylation is 2. The van der Waals surface area contributed by atoms with Crippen LogP contribution < -0.4 is 5.32 Å². The van der Waals surface area contributed by atoms with Crippen molar-refractivity contribution >= 4 is 0 Å². The molecule has 0 aromatic carbocycles. The van der Waals surface area contributed by atoms with Gasteiger partial charge in [0.05, 0.1) is 5.69 Å². The third kappa shape index (κ3) is 1.66. The lowest BCUT2D eigenvalue weighted by Crippen LogP contribution is -2.25. The van der Waals surface area contributed by atoms with Gasteiger partial charge in [0, 0.05) is 25.2 Å². The van der Waals surface area contributed by atoms with E-state index in [-0.39, 0.29) is 0 Å². The minimum absolute atomic E-state index is 0.862. The molecule has 2 atom stereocenters. The lowest BCUT2D eigenvalue weighted by Gasteiger charge is -2.16. The van der Waals surface area contributed by atoms with Crippen LogP contribution in [0.1, 0.15) is 17.0 Å². The van der Waals surface area contributed by atoms with Crippen molar-refractivity contribution in [2.75, 3.05) is 26.2 Å². The molecule has 1 aromatic heterocycles. The van der Waals surface area contributed by atoms with Gasteiger partial charge in [-0.05, 0) is 38.8 Å². The molecule has 1 aromatic rings. The summed E-state index contributed by atoms with van der Waals surface area (Å²) in [6.07, 6.45) is 0. The Morgan fingerprint density at radius 1 is 1.31 bits per heavy atom. The summed E-state index contributed by atoms with van der Waals surface area (Å²) in [6.45, 7) is 9.89. The summed E-state index contributed by atoms with van der Waals surface area (Å²) in [7, 11) is 0. The van der Waals surface area contributed by atoms with Gasteiger partial charge >= 0.3 is 0 Å². The topological polar surface area (TPSA) is 41.3 Å². The highest BCUT2D eigenvalue weighted by Crippen LogP contribution is 2.28. The highest BCUT2D eigenvalue weighted by atomic mass is 16.5. The van der Waals surface area contributed by atoms with Crippen LogP contribution in [0.5, 0.6) is 0 Å². The second-order valence-electron chi connectivity index (χ2n) is 5.18. The number of nitrogens with one attached hydrogen (secondary N) is 1. The maximum Gasteiger partial charge on any atom is 0.138 e. The van der Waals surface area contributed by atoms with Crippen molar-refractivity contribution in [2.24, 2.45) is 11.8 Å². The van der Waals surface area contributed by atoms with Gasteiger partial charge in [-0.1, -0.05) is 5.16 Å². The third-order valence-electron chi connectivity index (χ3n) is 4.03. The lowest BCUT2D eigenvalue weighted by molar-refractivity contribution is 0.302. The highest BCUT2D eigenvalue weighted by Gasteiger charge is 2.36. The van der Waals surface area contributed by atoms with E-state index in [9.17, 15) is 0 Å². The molecule has 0 amide bonds. The first kappa shape index (κ1) is 10.3. The zero-order valence-electron chi connectivity index (χ0n) is 9.99. The first-order valence-electron chi connectivity index (χ1n) is 6.09. The molecule has 0 radical (unpaired) electrons. The number of rotatable bonds is 2. The average molecular weight is 221 g/mol. The highest BCUT2D eigenvalue weighted by molar-refractivity contribution is 5.20. The summed E-state index contributed by atoms with van der Waals surface area (Å²) in [6, 6.07) is 0. The molecule has 3 heterocycles. The van der Waals surface area contributed by atoms with Crippen LogP contribution >= 0.6 is 0 Å². The largest absolute Gasteiger partial charge is 0.361 e. The van der Waals surface area contributed by atoms with Gasteiger partial charge in [0.1, 0.15) is 5.76 Å². The summed E-state index contributed by atoms with van der Waals surface area (Å²) in [5.74, 6) is 2.70. The number of aromatic nitrogens is 1. The van der Waals surface area contributed by atoms with E-state index in [0.29, 0.717) is 0 Å². The van der Waals surface area contributed by atoms with E-state index in [2.05, 4.69) is 15.4 Å². The van der Waals surface area contributed by atoms with Crippen molar-refractivity contribution in [2.45, 2.75) is 20.4 Å². The van der Waals surface area contributed by atoms with Gasteiger partial charge in [0.15, 0.2) is 0 Å². The Kier molecular flexibility index (Phi) is 2.48. The molecule has 2 saturated heterocycles. The van der Waals surface area contributed by atoms with Gasteiger partial charge in [-0.3, -0.25) is 4.90 Å². The molecule has 3 rings (SSSR count). The standard InChI is InChI=1S/C12H19N3O/c1-8-12(9(2)16-14-8)7-15-5-10-3-13-4-11(10)6-15/h10-11,13H,3-7H2,1-2H3/t10-,11+. The van der Waals surface area contributed by atoms with E-state index in [4.69, 9.17) is 4.52 Å². The molecular weight excluding hydrogens is 202 g/mol. The van der Waals surface area contributed by atoms with Crippen LogP contribution in [0.3, 0.4) is 0 Å². The molecule has 0 spiro atoms. The number of likely N-dealkylation sites (tertiary alicyclic amines) is 1. The first-order valence-corrected chi connectivity index (χ1v) is 6.09. The summed E-state index contributed by atoms with van der Waals surface area (Å²) in [4.78, 5) is 2.54. The van der Waals surface area contributed by atoms with Gasteiger partial charge in [0.2, 0.25) is 0 Å². The molecule has 0 aliphatic carbocycles. The number of nitrogens with zero attached hydrogens (tertiary/aromatic N) is 2. The van der Waals surface area contributed by atoms with Crippen LogP contribution in [-0.4, -0.2) is 36.2 Å². The summed E-state index contributed by atoms with van der Waals surface area (Å²) < 4.78 is 5.21. The molecule has 4 heteroatoms. The molecule has 16 heavy (non-hydrogen) atoms. The second-order valence-corrected chi connectivity index (χ2v) is 5.18. The maximum absolute atomic E-state index is 5.21. The van der Waals surface area contributed by atoms with Gasteiger partial charge in [-0.15, -0.1) is 0 Å². The van der Waals surface area contributed by atoms with Crippen molar-refractivity contribution < 1.29 is 4.52 Å². The molecule has 2 fully saturated rings. The Morgan fingerprint density at radius 3 is 2.56 bits per heavy atom. The van der Waals surface area contributed by atoms with Crippen LogP contribution in [0.15, 0.2) is 4.52 Å². The minimum Gasteiger partial charge on any atom is -0.361 e. The van der Waals surface area contributed by atoms with E-state index in [1.807, 2.05) is 13.8 Å². The fraction of sp³-hybridized carbons (Fsp3) is 0.750. The van der Waals surface area contributed by atoms with Crippen molar-refractivity contribution in [3.8, 4) is 0 Å². The number of fused-ring (bicyclic) bond motifs is 1. The van der Waals surface area contributed by atoms with E-state index >= 15 is 0 Å². The van der Waals surface area contributed by atoms with E-state index in [1.165, 1.54) is 31.7 Å². The third-order valence-corrected chi connectivity index (χ3v) is 4.03. The predicted octanol–water partition coefficient (Wildman–Crippen LogP) is 0.943. The SMILES string of the molecule is Cc1noc(C)c1CN1C[C@H]2CNC[C@H]2C1. The number of hydrogen-bond acceptors (Lipinski definition) is 4. The molecule has 4 nitrogen and oxygen atoms in total. The maximum atomic E-state index is 5.21. The predicted molar refractivity (Wildman–Crippen MR) is 61.1 cm³/mol. The van der Waals surface area contributed by atoms with Crippen LogP contribution in [0.25, 0.3) is 0 Å². The lowest BCUT2D eigenvalue weighted by atomic mass is 10.0. The van der Waals surface area contributed by atoms with Crippen LogP contribution in [0, 0.1) is 25.7 Å². The Bertz CT molecular complexity index is 356. The molecule has 0 saturated carbocycles. The Morgan fingerprint density at radius 2 is 2.00 bits per heavy atom. The van der Waals surface area contributed by atoms with Gasteiger partial charge in [0.25, 0.3) is 0 Å². The summed E-state index contributed by atoms with van der Waals surface area (Å²) in [5, 5.41) is 7.49. The van der Waals surface area contributed by atoms with Crippen LogP contribution in [0.2, 0.25) is 0 Å². The number of hydrogen-bond donors (Lipinski definition) is 1. The van der Waals surface area contributed by atoms with Gasteiger partial charge in [-0.25, -0.2) is 0 Å². The molecule has 88 valence electrons. The molecular formula is C12H19N3O. The van der Waals surface area contributed by atoms with Crippen LogP contribution in [0.4, 0.5) is 0 Å². The van der Waals surface area contributed by atoms with Gasteiger partial charge < -0.3 is 9.84 Å². The molecule has 0 bridgehead atoms. The summed E-state index contributed by atoms with van der Waals surface area (Å²) >= 11 is 0. The smallest absolute Gasteiger partial charge is 0.138 e. The molecule has 1 N–H and O–H groups in total. The van der Waals surface area contributed by atoms with Crippen LogP contribution in [-0.2, 0) is 6.54 Å². The summed E-state index contributed by atoms with van der Waals surface area (Å²) in [5.41, 5.74) is 2.33. The zero-order chi connectivity index (χ0) is 11.1. The zero-order valence-corrected chi connectivity index (χ0v) is 9.99. The fourth-order valence-corrected chi connectivity index (χ4v) is 3.03. The van der Waals surface area contributed by atoms with Crippen molar-refractivity contribution in [1.82, 2.24) is 15.4 Å². The first-order chi connectivity index (χ1) is 7.74. The van der Waals surface area contributed by atoms with Crippen molar-refractivity contribution in [3.63, 3.8) is 0 Å². The normalized spacial score (nSPS) is 29.9. The van der Waals surface area contributed by atoms with Crippen molar-refractivity contribution in [3.05, 3.63) is 17.0 Å². The quantitative estimate of drug-likeness (QED) is 0.807. The van der Waals surface area contributed by atoms with Gasteiger partial charge in [-0.2, -0.15) is 0 Å². The van der Waals surface area contributed by atoms with Crippen molar-refractivity contribution in [1.29, 1.82) is 0 Å². The molecule has 0 unspecified atom stereocenters. The molecule has 2 aliphatic rings. The molecule has 2 aliphatic heterocycles. The Labute approximate surface area is 96.0 Å².